The normalized spacial score (nSPS) is 15.7. The van der Waals surface area contributed by atoms with Crippen LogP contribution in [0.5, 0.6) is 0 Å². The lowest BCUT2D eigenvalue weighted by Gasteiger charge is -2.33. The van der Waals surface area contributed by atoms with Crippen molar-refractivity contribution in [2.75, 3.05) is 33.2 Å². The number of likely N-dealkylation sites (tertiary alicyclic amines) is 1. The average Bonchev–Trinajstić information content (AvgIpc) is 2.54. The summed E-state index contributed by atoms with van der Waals surface area (Å²) in [4.78, 5) is 26.3. The highest BCUT2D eigenvalue weighted by Gasteiger charge is 2.23. The standard InChI is InChI=1S/C19H28N2O3/c1-15-3-5-16(6-4-15)7-8-17-9-11-21(12-10-17)18(22)13-20(2)14-19(23)24/h3-6,17H,7-14H2,1-2H3,(H,23,24). The summed E-state index contributed by atoms with van der Waals surface area (Å²) in [5, 5.41) is 8.74. The van der Waals surface area contributed by atoms with E-state index in [1.807, 2.05) is 4.90 Å². The summed E-state index contributed by atoms with van der Waals surface area (Å²) in [6.07, 6.45) is 4.35. The minimum atomic E-state index is -0.903. The molecule has 1 fully saturated rings. The monoisotopic (exact) mass is 332 g/mol. The third kappa shape index (κ3) is 5.96. The lowest BCUT2D eigenvalue weighted by molar-refractivity contribution is -0.139. The van der Waals surface area contributed by atoms with Crippen LogP contribution < -0.4 is 0 Å². The van der Waals surface area contributed by atoms with Gasteiger partial charge in [-0.1, -0.05) is 29.8 Å². The molecule has 1 saturated heterocycles. The summed E-state index contributed by atoms with van der Waals surface area (Å²) in [7, 11) is 1.67. The van der Waals surface area contributed by atoms with Crippen molar-refractivity contribution in [2.24, 2.45) is 5.92 Å². The summed E-state index contributed by atoms with van der Waals surface area (Å²) in [5.74, 6) is -0.192. The van der Waals surface area contributed by atoms with Gasteiger partial charge < -0.3 is 10.0 Å². The molecule has 0 radical (unpaired) electrons. The molecule has 0 aliphatic carbocycles. The van der Waals surface area contributed by atoms with E-state index in [9.17, 15) is 9.59 Å². The molecule has 0 saturated carbocycles. The van der Waals surface area contributed by atoms with Crippen molar-refractivity contribution in [3.05, 3.63) is 35.4 Å². The summed E-state index contributed by atoms with van der Waals surface area (Å²) in [6.45, 7) is 3.76. The van der Waals surface area contributed by atoms with Gasteiger partial charge in [-0.2, -0.15) is 0 Å². The summed E-state index contributed by atoms with van der Waals surface area (Å²) >= 11 is 0. The number of rotatable bonds is 7. The summed E-state index contributed by atoms with van der Waals surface area (Å²) < 4.78 is 0. The van der Waals surface area contributed by atoms with E-state index in [2.05, 4.69) is 31.2 Å². The quantitative estimate of drug-likeness (QED) is 0.831. The van der Waals surface area contributed by atoms with Crippen LogP contribution in [-0.2, 0) is 16.0 Å². The van der Waals surface area contributed by atoms with Crippen LogP contribution in [0.25, 0.3) is 0 Å². The van der Waals surface area contributed by atoms with Crippen LogP contribution in [0.2, 0.25) is 0 Å². The fraction of sp³-hybridized carbons (Fsp3) is 0.579. The Labute approximate surface area is 144 Å². The molecule has 0 aromatic heterocycles. The SMILES string of the molecule is Cc1ccc(CCC2CCN(C(=O)CN(C)CC(=O)O)CC2)cc1. The lowest BCUT2D eigenvalue weighted by atomic mass is 9.90. The third-order valence-electron chi connectivity index (χ3n) is 4.74. The topological polar surface area (TPSA) is 60.9 Å². The minimum absolute atomic E-state index is 0.0377. The third-order valence-corrected chi connectivity index (χ3v) is 4.74. The van der Waals surface area contributed by atoms with Gasteiger partial charge in [-0.3, -0.25) is 14.5 Å². The zero-order valence-corrected chi connectivity index (χ0v) is 14.7. The number of carboxylic acid groups (broad SMARTS) is 1. The smallest absolute Gasteiger partial charge is 0.317 e. The molecular weight excluding hydrogens is 304 g/mol. The number of piperidine rings is 1. The van der Waals surface area contributed by atoms with Crippen LogP contribution in [0.3, 0.4) is 0 Å². The summed E-state index contributed by atoms with van der Waals surface area (Å²) in [6, 6.07) is 8.72. The second-order valence-corrected chi connectivity index (χ2v) is 6.91. The number of likely N-dealkylation sites (N-methyl/N-ethyl adjacent to an activating group) is 1. The number of nitrogens with zero attached hydrogens (tertiary/aromatic N) is 2. The Hall–Kier alpha value is -1.88. The van der Waals surface area contributed by atoms with Gasteiger partial charge in [-0.25, -0.2) is 0 Å². The highest BCUT2D eigenvalue weighted by molar-refractivity contribution is 5.79. The van der Waals surface area contributed by atoms with Crippen molar-refractivity contribution < 1.29 is 14.7 Å². The maximum absolute atomic E-state index is 12.2. The first-order valence-corrected chi connectivity index (χ1v) is 8.67. The molecule has 132 valence electrons. The highest BCUT2D eigenvalue weighted by atomic mass is 16.4. The Balaban J connectivity index is 1.69. The van der Waals surface area contributed by atoms with Crippen LogP contribution >= 0.6 is 0 Å². The summed E-state index contributed by atoms with van der Waals surface area (Å²) in [5.41, 5.74) is 2.67. The van der Waals surface area contributed by atoms with Crippen molar-refractivity contribution in [1.29, 1.82) is 0 Å². The van der Waals surface area contributed by atoms with Gasteiger partial charge in [0.2, 0.25) is 5.91 Å². The molecular formula is C19H28N2O3. The second kappa shape index (κ2) is 8.83. The number of aryl methyl sites for hydroxylation is 2. The molecule has 1 aromatic rings. The largest absolute Gasteiger partial charge is 0.480 e. The van der Waals surface area contributed by atoms with Gasteiger partial charge in [0.15, 0.2) is 0 Å². The lowest BCUT2D eigenvalue weighted by Crippen LogP contribution is -2.44. The van der Waals surface area contributed by atoms with Crippen LogP contribution in [0.4, 0.5) is 0 Å². The fourth-order valence-electron chi connectivity index (χ4n) is 3.21. The number of carbonyl (C=O) groups is 2. The first-order valence-electron chi connectivity index (χ1n) is 8.67. The van der Waals surface area contributed by atoms with Crippen molar-refractivity contribution in [3.63, 3.8) is 0 Å². The number of carbonyl (C=O) groups excluding carboxylic acids is 1. The number of hydrogen-bond donors (Lipinski definition) is 1. The molecule has 1 aliphatic heterocycles. The molecule has 0 atom stereocenters. The van der Waals surface area contributed by atoms with Gasteiger partial charge in [0, 0.05) is 13.1 Å². The van der Waals surface area contributed by atoms with Gasteiger partial charge >= 0.3 is 5.97 Å². The Bertz CT molecular complexity index is 548. The molecule has 5 nitrogen and oxygen atoms in total. The maximum atomic E-state index is 12.2. The van der Waals surface area contributed by atoms with Crippen molar-refractivity contribution >= 4 is 11.9 Å². The molecule has 0 bridgehead atoms. The predicted molar refractivity (Wildman–Crippen MR) is 93.9 cm³/mol. The number of carboxylic acids is 1. The van der Waals surface area contributed by atoms with Gasteiger partial charge in [0.05, 0.1) is 13.1 Å². The first-order chi connectivity index (χ1) is 11.4. The van der Waals surface area contributed by atoms with E-state index in [-0.39, 0.29) is 19.0 Å². The van der Waals surface area contributed by atoms with E-state index >= 15 is 0 Å². The van der Waals surface area contributed by atoms with E-state index in [4.69, 9.17) is 5.11 Å². The van der Waals surface area contributed by atoms with E-state index in [1.165, 1.54) is 17.5 Å². The molecule has 1 aliphatic rings. The molecule has 0 unspecified atom stereocenters. The Kier molecular flexibility index (Phi) is 6.79. The molecule has 1 N–H and O–H groups in total. The predicted octanol–water partition coefficient (Wildman–Crippen LogP) is 2.18. The number of aliphatic carboxylic acids is 1. The van der Waals surface area contributed by atoms with E-state index in [0.29, 0.717) is 5.92 Å². The number of benzene rings is 1. The second-order valence-electron chi connectivity index (χ2n) is 6.91. The average molecular weight is 332 g/mol. The van der Waals surface area contributed by atoms with Crippen molar-refractivity contribution in [2.45, 2.75) is 32.6 Å². The van der Waals surface area contributed by atoms with Gasteiger partial charge in [-0.05, 0) is 51.1 Å². The number of hydrogen-bond acceptors (Lipinski definition) is 3. The van der Waals surface area contributed by atoms with Gasteiger partial charge in [-0.15, -0.1) is 0 Å². The molecule has 1 aromatic carbocycles. The van der Waals surface area contributed by atoms with E-state index in [0.717, 1.165) is 32.4 Å². The fourth-order valence-corrected chi connectivity index (χ4v) is 3.21. The maximum Gasteiger partial charge on any atom is 0.317 e. The van der Waals surface area contributed by atoms with Crippen LogP contribution in [-0.4, -0.2) is 60.0 Å². The minimum Gasteiger partial charge on any atom is -0.480 e. The van der Waals surface area contributed by atoms with Gasteiger partial charge in [0.1, 0.15) is 0 Å². The van der Waals surface area contributed by atoms with E-state index in [1.54, 1.807) is 11.9 Å². The zero-order chi connectivity index (χ0) is 17.5. The molecule has 0 spiro atoms. The van der Waals surface area contributed by atoms with Crippen molar-refractivity contribution in [1.82, 2.24) is 9.80 Å². The van der Waals surface area contributed by atoms with Gasteiger partial charge in [0.25, 0.3) is 0 Å². The first kappa shape index (κ1) is 18.5. The van der Waals surface area contributed by atoms with E-state index < -0.39 is 5.97 Å². The molecule has 5 heteroatoms. The van der Waals surface area contributed by atoms with Crippen LogP contribution in [0, 0.1) is 12.8 Å². The van der Waals surface area contributed by atoms with Crippen LogP contribution in [0.1, 0.15) is 30.4 Å². The zero-order valence-electron chi connectivity index (χ0n) is 14.7. The number of amides is 1. The molecule has 1 heterocycles. The highest BCUT2D eigenvalue weighted by Crippen LogP contribution is 2.22. The molecule has 24 heavy (non-hydrogen) atoms. The van der Waals surface area contributed by atoms with Crippen molar-refractivity contribution in [3.8, 4) is 0 Å². The Morgan fingerprint density at radius 3 is 2.38 bits per heavy atom. The Morgan fingerprint density at radius 2 is 1.79 bits per heavy atom. The molecule has 1 amide bonds. The van der Waals surface area contributed by atoms with Crippen LogP contribution in [0.15, 0.2) is 24.3 Å². The molecule has 2 rings (SSSR count). The Morgan fingerprint density at radius 1 is 1.17 bits per heavy atom.